The molecule has 0 spiro atoms. The highest BCUT2D eigenvalue weighted by Gasteiger charge is 2.44. The van der Waals surface area contributed by atoms with Crippen LogP contribution in [0.3, 0.4) is 0 Å². The second-order valence-electron chi connectivity index (χ2n) is 6.60. The minimum Gasteiger partial charge on any atom is -0.314 e. The lowest BCUT2D eigenvalue weighted by molar-refractivity contribution is 0.236. The van der Waals surface area contributed by atoms with E-state index in [0.717, 1.165) is 29.6 Å². The maximum Gasteiger partial charge on any atom is 0.00618 e. The molecule has 1 heteroatoms. The molecule has 1 N–H and O–H groups in total. The molecule has 1 nitrogen and oxygen atoms in total. The fourth-order valence-corrected chi connectivity index (χ4v) is 3.84. The molecule has 94 valence electrons. The van der Waals surface area contributed by atoms with E-state index >= 15 is 0 Å². The van der Waals surface area contributed by atoms with E-state index in [1.165, 1.54) is 25.8 Å². The Morgan fingerprint density at radius 1 is 1.00 bits per heavy atom. The molecule has 2 aliphatic rings. The molecule has 2 aliphatic carbocycles. The Hall–Kier alpha value is -0.0400. The number of rotatable bonds is 5. The number of hydrogen-bond donors (Lipinski definition) is 1. The minimum absolute atomic E-state index is 0.682. The van der Waals surface area contributed by atoms with Crippen molar-refractivity contribution in [1.29, 1.82) is 0 Å². The Morgan fingerprint density at radius 2 is 1.62 bits per heavy atom. The van der Waals surface area contributed by atoms with Crippen LogP contribution >= 0.6 is 0 Å². The zero-order chi connectivity index (χ0) is 11.7. The van der Waals surface area contributed by atoms with Crippen LogP contribution in [0.25, 0.3) is 0 Å². The van der Waals surface area contributed by atoms with E-state index in [4.69, 9.17) is 0 Å². The first-order valence-electron chi connectivity index (χ1n) is 7.35. The maximum absolute atomic E-state index is 3.74. The summed E-state index contributed by atoms with van der Waals surface area (Å²) >= 11 is 0. The van der Waals surface area contributed by atoms with E-state index in [9.17, 15) is 0 Å². The smallest absolute Gasteiger partial charge is 0.00618 e. The third kappa shape index (κ3) is 2.45. The van der Waals surface area contributed by atoms with Crippen LogP contribution in [0.1, 0.15) is 53.4 Å². The Kier molecular flexibility index (Phi) is 3.94. The molecule has 0 saturated heterocycles. The molecule has 0 radical (unpaired) electrons. The summed E-state index contributed by atoms with van der Waals surface area (Å²) in [6.45, 7) is 10.6. The number of nitrogens with one attached hydrogen (secondary N) is 1. The van der Waals surface area contributed by atoms with Crippen LogP contribution in [0.4, 0.5) is 0 Å². The molecule has 0 aromatic rings. The van der Waals surface area contributed by atoms with Gasteiger partial charge in [0.15, 0.2) is 0 Å². The second kappa shape index (κ2) is 5.08. The molecule has 5 atom stereocenters. The largest absolute Gasteiger partial charge is 0.314 e. The molecule has 2 bridgehead atoms. The fraction of sp³-hybridized carbons (Fsp3) is 1.00. The van der Waals surface area contributed by atoms with Gasteiger partial charge in [-0.25, -0.2) is 0 Å². The highest BCUT2D eigenvalue weighted by Crippen LogP contribution is 2.52. The number of fused-ring (bicyclic) bond motifs is 2. The monoisotopic (exact) mass is 223 g/mol. The zero-order valence-electron chi connectivity index (χ0n) is 11.5. The van der Waals surface area contributed by atoms with Crippen molar-refractivity contribution in [3.63, 3.8) is 0 Å². The summed E-state index contributed by atoms with van der Waals surface area (Å²) in [5, 5.41) is 3.74. The van der Waals surface area contributed by atoms with Gasteiger partial charge in [-0.15, -0.1) is 0 Å². The van der Waals surface area contributed by atoms with Gasteiger partial charge in [-0.3, -0.25) is 0 Å². The van der Waals surface area contributed by atoms with Gasteiger partial charge in [-0.1, -0.05) is 27.2 Å². The van der Waals surface area contributed by atoms with Gasteiger partial charge < -0.3 is 5.32 Å². The topological polar surface area (TPSA) is 12.0 Å². The van der Waals surface area contributed by atoms with E-state index in [0.29, 0.717) is 6.04 Å². The molecular weight excluding hydrogens is 194 g/mol. The lowest BCUT2D eigenvalue weighted by atomic mass is 9.81. The van der Waals surface area contributed by atoms with Crippen LogP contribution in [-0.2, 0) is 0 Å². The summed E-state index contributed by atoms with van der Waals surface area (Å²) in [4.78, 5) is 0. The van der Waals surface area contributed by atoms with Gasteiger partial charge in [0.05, 0.1) is 0 Å². The SMILES string of the molecule is CCC1CC2CC1CC2CNC(C)C(C)C. The summed E-state index contributed by atoms with van der Waals surface area (Å²) in [5.41, 5.74) is 0. The van der Waals surface area contributed by atoms with E-state index < -0.39 is 0 Å². The van der Waals surface area contributed by atoms with Crippen LogP contribution in [0, 0.1) is 29.6 Å². The van der Waals surface area contributed by atoms with Crippen molar-refractivity contribution in [3.05, 3.63) is 0 Å². The third-order valence-electron chi connectivity index (χ3n) is 5.38. The molecule has 16 heavy (non-hydrogen) atoms. The van der Waals surface area contributed by atoms with Gasteiger partial charge in [-0.2, -0.15) is 0 Å². The molecule has 0 amide bonds. The lowest BCUT2D eigenvalue weighted by Gasteiger charge is -2.29. The summed E-state index contributed by atoms with van der Waals surface area (Å²) in [7, 11) is 0. The van der Waals surface area contributed by atoms with Crippen LogP contribution < -0.4 is 5.32 Å². The minimum atomic E-state index is 0.682. The van der Waals surface area contributed by atoms with Crippen LogP contribution in [-0.4, -0.2) is 12.6 Å². The van der Waals surface area contributed by atoms with Gasteiger partial charge >= 0.3 is 0 Å². The van der Waals surface area contributed by atoms with Gasteiger partial charge in [0.1, 0.15) is 0 Å². The summed E-state index contributed by atoms with van der Waals surface area (Å²) in [5.74, 6) is 4.97. The van der Waals surface area contributed by atoms with E-state index in [1.807, 2.05) is 0 Å². The first-order valence-corrected chi connectivity index (χ1v) is 7.35. The van der Waals surface area contributed by atoms with Gasteiger partial charge in [0.2, 0.25) is 0 Å². The molecule has 0 aromatic heterocycles. The molecule has 2 fully saturated rings. The summed E-state index contributed by atoms with van der Waals surface area (Å²) in [6, 6.07) is 0.682. The van der Waals surface area contributed by atoms with Gasteiger partial charge in [0, 0.05) is 6.04 Å². The Balaban J connectivity index is 1.74. The molecule has 2 rings (SSSR count). The van der Waals surface area contributed by atoms with E-state index in [-0.39, 0.29) is 0 Å². The Morgan fingerprint density at radius 3 is 2.12 bits per heavy atom. The summed E-state index contributed by atoms with van der Waals surface area (Å²) < 4.78 is 0. The molecule has 2 saturated carbocycles. The highest BCUT2D eigenvalue weighted by atomic mass is 14.9. The standard InChI is InChI=1S/C15H29N/c1-5-12-6-14-7-13(12)8-15(14)9-16-11(4)10(2)3/h10-16H,5-9H2,1-4H3. The lowest BCUT2D eigenvalue weighted by Crippen LogP contribution is -2.36. The van der Waals surface area contributed by atoms with Crippen molar-refractivity contribution in [1.82, 2.24) is 5.32 Å². The highest BCUT2D eigenvalue weighted by molar-refractivity contribution is 4.95. The molecule has 0 aromatic carbocycles. The molecular formula is C15H29N. The van der Waals surface area contributed by atoms with Gasteiger partial charge in [0.25, 0.3) is 0 Å². The second-order valence-corrected chi connectivity index (χ2v) is 6.60. The predicted molar refractivity (Wildman–Crippen MR) is 70.4 cm³/mol. The normalized spacial score (nSPS) is 39.6. The zero-order valence-corrected chi connectivity index (χ0v) is 11.5. The Labute approximate surface area is 101 Å². The van der Waals surface area contributed by atoms with Gasteiger partial charge in [-0.05, 0) is 62.3 Å². The first kappa shape index (κ1) is 12.4. The number of hydrogen-bond acceptors (Lipinski definition) is 1. The quantitative estimate of drug-likeness (QED) is 0.749. The summed E-state index contributed by atoms with van der Waals surface area (Å²) in [6.07, 6.45) is 6.01. The third-order valence-corrected chi connectivity index (χ3v) is 5.38. The molecule has 5 unspecified atom stereocenters. The van der Waals surface area contributed by atoms with E-state index in [2.05, 4.69) is 33.0 Å². The van der Waals surface area contributed by atoms with Crippen molar-refractivity contribution in [2.75, 3.05) is 6.54 Å². The van der Waals surface area contributed by atoms with Crippen molar-refractivity contribution in [2.24, 2.45) is 29.6 Å². The predicted octanol–water partition coefficient (Wildman–Crippen LogP) is 3.69. The average Bonchev–Trinajstić information content (AvgIpc) is 2.83. The molecule has 0 heterocycles. The van der Waals surface area contributed by atoms with E-state index in [1.54, 1.807) is 6.42 Å². The first-order chi connectivity index (χ1) is 7.61. The van der Waals surface area contributed by atoms with Crippen LogP contribution in [0.5, 0.6) is 0 Å². The fourth-order valence-electron chi connectivity index (χ4n) is 3.84. The Bertz CT molecular complexity index is 223. The van der Waals surface area contributed by atoms with Crippen molar-refractivity contribution >= 4 is 0 Å². The maximum atomic E-state index is 3.74. The van der Waals surface area contributed by atoms with Crippen molar-refractivity contribution < 1.29 is 0 Å². The van der Waals surface area contributed by atoms with Crippen molar-refractivity contribution in [3.8, 4) is 0 Å². The van der Waals surface area contributed by atoms with Crippen molar-refractivity contribution in [2.45, 2.75) is 59.4 Å². The van der Waals surface area contributed by atoms with Crippen LogP contribution in [0.15, 0.2) is 0 Å². The molecule has 0 aliphatic heterocycles. The average molecular weight is 223 g/mol. The van der Waals surface area contributed by atoms with Crippen LogP contribution in [0.2, 0.25) is 0 Å².